The van der Waals surface area contributed by atoms with Gasteiger partial charge in [0.15, 0.2) is 0 Å². The van der Waals surface area contributed by atoms with Crippen LogP contribution in [0, 0.1) is 0 Å². The Morgan fingerprint density at radius 3 is 2.42 bits per heavy atom. The van der Waals surface area contributed by atoms with Crippen LogP contribution in [-0.2, 0) is 14.3 Å². The molecule has 0 aromatic carbocycles. The maximum Gasteiger partial charge on any atom is 0.332 e. The number of halogens is 1. The van der Waals surface area contributed by atoms with E-state index in [-0.39, 0.29) is 19.2 Å². The van der Waals surface area contributed by atoms with Gasteiger partial charge < -0.3 is 9.47 Å². The van der Waals surface area contributed by atoms with E-state index in [1.54, 1.807) is 0 Å². The minimum Gasteiger partial charge on any atom is -0.462 e. The average Bonchev–Trinajstić information content (AvgIpc) is 2.10. The second kappa shape index (κ2) is 7.91. The van der Waals surface area contributed by atoms with Crippen molar-refractivity contribution in [2.45, 2.75) is 18.7 Å². The van der Waals surface area contributed by atoms with Gasteiger partial charge in [-0.15, -0.1) is 0 Å². The van der Waals surface area contributed by atoms with Gasteiger partial charge in [-0.1, -0.05) is 35.2 Å². The third-order valence-corrected chi connectivity index (χ3v) is 1.56. The fourth-order valence-corrected chi connectivity index (χ4v) is 0.754. The molecule has 0 spiro atoms. The number of esters is 1. The first-order valence-electron chi connectivity index (χ1n) is 3.48. The number of carbonyl (C=O) groups excluding carboxylic acids is 1. The Morgan fingerprint density at radius 1 is 1.42 bits per heavy atom. The first-order valence-corrected chi connectivity index (χ1v) is 5.00. The first kappa shape index (κ1) is 12.3. The monoisotopic (exact) mass is 278 g/mol. The molecule has 0 rings (SSSR count). The van der Waals surface area contributed by atoms with Crippen LogP contribution in [0.3, 0.4) is 0 Å². The van der Waals surface area contributed by atoms with Crippen LogP contribution in [0.1, 0.15) is 0 Å². The van der Waals surface area contributed by atoms with E-state index in [0.29, 0.717) is 4.61 Å². The molecule has 6 heteroatoms. The van der Waals surface area contributed by atoms with Gasteiger partial charge in [0.05, 0.1) is 26.4 Å². The Labute approximate surface area is 88.5 Å². The highest BCUT2D eigenvalue weighted by atomic mass is 127. The Kier molecular flexibility index (Phi) is 8.11. The Hall–Kier alpha value is 0.290. The van der Waals surface area contributed by atoms with Gasteiger partial charge in [-0.05, 0) is 0 Å². The maximum atomic E-state index is 10.9. The molecule has 0 amide bonds. The lowest BCUT2D eigenvalue weighted by Crippen LogP contribution is -2.20. The van der Waals surface area contributed by atoms with Crippen molar-refractivity contribution in [3.05, 3.63) is 0 Å². The Balaban J connectivity index is 3.52. The summed E-state index contributed by atoms with van der Waals surface area (Å²) in [5, 5.41) is 0. The lowest BCUT2D eigenvalue weighted by Gasteiger charge is -2.13. The van der Waals surface area contributed by atoms with Gasteiger partial charge in [0.25, 0.3) is 0 Å². The van der Waals surface area contributed by atoms with Crippen molar-refractivity contribution in [1.29, 1.82) is 0 Å². The third kappa shape index (κ3) is 5.88. The minimum atomic E-state index is -0.424. The van der Waals surface area contributed by atoms with E-state index in [2.05, 4.69) is 0 Å². The second-order valence-electron chi connectivity index (χ2n) is 2.04. The van der Waals surface area contributed by atoms with Crippen LogP contribution in [-0.4, -0.2) is 39.0 Å². The van der Waals surface area contributed by atoms with Crippen molar-refractivity contribution in [3.8, 4) is 0 Å². The first-order chi connectivity index (χ1) is 5.74. The van der Waals surface area contributed by atoms with Crippen LogP contribution in [0.25, 0.3) is 0 Å². The molecule has 3 nitrogen and oxygen atoms in total. The summed E-state index contributed by atoms with van der Waals surface area (Å²) < 4.78 is 10.1. The average molecular weight is 278 g/mol. The van der Waals surface area contributed by atoms with Crippen molar-refractivity contribution in [2.75, 3.05) is 11.2 Å². The molecule has 0 unspecified atom stereocenters. The molecule has 0 aromatic rings. The Bertz CT molecular complexity index is 130. The summed E-state index contributed by atoms with van der Waals surface area (Å²) in [6.45, 7) is -0.0422. The molecule has 0 aliphatic heterocycles. The van der Waals surface area contributed by atoms with Gasteiger partial charge in [-0.3, -0.25) is 0 Å². The summed E-state index contributed by atoms with van der Waals surface area (Å²) in [5.41, 5.74) is 0. The van der Waals surface area contributed by atoms with E-state index < -0.39 is 12.1 Å². The smallest absolute Gasteiger partial charge is 0.332 e. The van der Waals surface area contributed by atoms with Crippen molar-refractivity contribution in [1.82, 2.24) is 0 Å². The van der Waals surface area contributed by atoms with Crippen LogP contribution >= 0.6 is 22.6 Å². The molecule has 12 heavy (non-hydrogen) atoms. The SMILES string of the molecule is [B]CC(C[B])OC(=O)COCI. The number of rotatable bonds is 6. The van der Waals surface area contributed by atoms with E-state index >= 15 is 0 Å². The summed E-state index contributed by atoms with van der Waals surface area (Å²) >= 11 is 1.99. The summed E-state index contributed by atoms with van der Waals surface area (Å²) in [6.07, 6.45) is 0.0918. The zero-order valence-corrected chi connectivity index (χ0v) is 8.82. The highest BCUT2D eigenvalue weighted by Gasteiger charge is 2.09. The highest BCUT2D eigenvalue weighted by Crippen LogP contribution is 2.01. The zero-order chi connectivity index (χ0) is 9.40. The van der Waals surface area contributed by atoms with Crippen LogP contribution in [0.2, 0.25) is 12.6 Å². The lowest BCUT2D eigenvalue weighted by molar-refractivity contribution is -0.151. The third-order valence-electron chi connectivity index (χ3n) is 1.12. The molecule has 0 aromatic heterocycles. The van der Waals surface area contributed by atoms with Crippen LogP contribution in [0.5, 0.6) is 0 Å². The predicted molar refractivity (Wildman–Crippen MR) is 55.8 cm³/mol. The van der Waals surface area contributed by atoms with Crippen LogP contribution < -0.4 is 0 Å². The second-order valence-corrected chi connectivity index (χ2v) is 2.66. The van der Waals surface area contributed by atoms with Crippen molar-refractivity contribution >= 4 is 44.3 Å². The number of hydrogen-bond acceptors (Lipinski definition) is 3. The van der Waals surface area contributed by atoms with Crippen LogP contribution in [0.4, 0.5) is 0 Å². The molecule has 0 aliphatic carbocycles. The van der Waals surface area contributed by atoms with Gasteiger partial charge in [-0.25, -0.2) is 4.79 Å². The van der Waals surface area contributed by atoms with Crippen molar-refractivity contribution < 1.29 is 14.3 Å². The van der Waals surface area contributed by atoms with Crippen molar-refractivity contribution in [3.63, 3.8) is 0 Å². The molecule has 0 saturated carbocycles. The van der Waals surface area contributed by atoms with Crippen molar-refractivity contribution in [2.24, 2.45) is 0 Å². The van der Waals surface area contributed by atoms with Gasteiger partial charge in [0.2, 0.25) is 0 Å². The molecule has 4 radical (unpaired) electrons. The lowest BCUT2D eigenvalue weighted by atomic mass is 9.89. The quantitative estimate of drug-likeness (QED) is 0.307. The maximum absolute atomic E-state index is 10.9. The molecule has 64 valence electrons. The van der Waals surface area contributed by atoms with Gasteiger partial charge >= 0.3 is 5.97 Å². The standard InChI is InChI=1S/C6H9B2IO3/c7-1-5(2-8)12-6(10)3-11-4-9/h5H,1-4H2. The summed E-state index contributed by atoms with van der Waals surface area (Å²) in [5.74, 6) is -0.424. The summed E-state index contributed by atoms with van der Waals surface area (Å²) in [4.78, 5) is 10.9. The molecule has 0 fully saturated rings. The van der Waals surface area contributed by atoms with Gasteiger partial charge in [-0.2, -0.15) is 0 Å². The van der Waals surface area contributed by atoms with E-state index in [9.17, 15) is 4.79 Å². The predicted octanol–water partition coefficient (Wildman–Crippen LogP) is 0.481. The minimum absolute atomic E-state index is 0.0422. The van der Waals surface area contributed by atoms with E-state index in [1.807, 2.05) is 22.6 Å². The molecule has 0 aliphatic rings. The van der Waals surface area contributed by atoms with E-state index in [4.69, 9.17) is 25.2 Å². The van der Waals surface area contributed by atoms with E-state index in [1.165, 1.54) is 0 Å². The van der Waals surface area contributed by atoms with Crippen LogP contribution in [0.15, 0.2) is 0 Å². The van der Waals surface area contributed by atoms with Gasteiger partial charge in [0.1, 0.15) is 6.61 Å². The molecule has 0 saturated heterocycles. The summed E-state index contributed by atoms with van der Waals surface area (Å²) in [6, 6.07) is 0. The number of carbonyl (C=O) groups is 1. The van der Waals surface area contributed by atoms with Gasteiger partial charge in [0, 0.05) is 0 Å². The number of hydrogen-bond donors (Lipinski definition) is 0. The largest absolute Gasteiger partial charge is 0.462 e. The number of alkyl halides is 1. The highest BCUT2D eigenvalue weighted by molar-refractivity contribution is 14.1. The Morgan fingerprint density at radius 2 is 2.00 bits per heavy atom. The molecular formula is C6H9B2IO3. The summed E-state index contributed by atoms with van der Waals surface area (Å²) in [7, 11) is 10.5. The molecule has 0 N–H and O–H groups in total. The fourth-order valence-electron chi connectivity index (χ4n) is 0.534. The zero-order valence-electron chi connectivity index (χ0n) is 6.66. The molecule has 0 heterocycles. The number of ether oxygens (including phenoxy) is 2. The topological polar surface area (TPSA) is 35.5 Å². The molecular weight excluding hydrogens is 269 g/mol. The normalized spacial score (nSPS) is 10.2. The molecule has 0 atom stereocenters. The fraction of sp³-hybridized carbons (Fsp3) is 0.833. The van der Waals surface area contributed by atoms with E-state index in [0.717, 1.165) is 0 Å². The molecule has 0 bridgehead atoms.